The lowest BCUT2D eigenvalue weighted by atomic mass is 10.3. The third-order valence-corrected chi connectivity index (χ3v) is 3.58. The van der Waals surface area contributed by atoms with Crippen LogP contribution in [0.3, 0.4) is 0 Å². The van der Waals surface area contributed by atoms with Crippen molar-refractivity contribution in [3.05, 3.63) is 45.4 Å². The number of nitrogens with zero attached hydrogens (tertiary/aromatic N) is 1. The fourth-order valence-electron chi connectivity index (χ4n) is 1.27. The summed E-state index contributed by atoms with van der Waals surface area (Å²) >= 11 is 11.0. The molecule has 0 N–H and O–H groups in total. The van der Waals surface area contributed by atoms with Gasteiger partial charge in [-0.1, -0.05) is 41.1 Å². The smallest absolute Gasteiger partial charge is 0.435 e. The number of benzene rings is 1. The van der Waals surface area contributed by atoms with Crippen LogP contribution < -0.4 is 4.74 Å². The van der Waals surface area contributed by atoms with Gasteiger partial charge in [0, 0.05) is 0 Å². The summed E-state index contributed by atoms with van der Waals surface area (Å²) < 4.78 is 43.2. The maximum Gasteiger partial charge on any atom is 0.435 e. The third-order valence-electron chi connectivity index (χ3n) is 2.01. The number of rotatable bonds is 2. The molecule has 8 heteroatoms. The highest BCUT2D eigenvalue weighted by atomic mass is 35.5. The van der Waals surface area contributed by atoms with Crippen molar-refractivity contribution in [1.82, 2.24) is 4.98 Å². The Hall–Kier alpha value is -1.18. The first-order valence-electron chi connectivity index (χ1n) is 4.88. The number of hydrogen-bond donors (Lipinski definition) is 0. The Bertz CT molecular complexity index is 598. The fourth-order valence-corrected chi connectivity index (χ4v) is 2.59. The predicted molar refractivity (Wildman–Crippen MR) is 70.9 cm³/mol. The van der Waals surface area contributed by atoms with Gasteiger partial charge in [-0.25, -0.2) is 4.98 Å². The molecule has 0 saturated carbocycles. The standard InChI is InChI=1S/C11H5ClF3NOS2/c12-10-16-8(11(13,14)15)7(19-10)9(18)17-6-4-2-1-3-5-6/h1-5H. The van der Waals surface area contributed by atoms with Crippen LogP contribution in [0.25, 0.3) is 0 Å². The zero-order chi connectivity index (χ0) is 14.0. The minimum atomic E-state index is -4.62. The van der Waals surface area contributed by atoms with Gasteiger partial charge < -0.3 is 4.74 Å². The van der Waals surface area contributed by atoms with Crippen molar-refractivity contribution in [2.24, 2.45) is 0 Å². The summed E-state index contributed by atoms with van der Waals surface area (Å²) in [5.41, 5.74) is -1.12. The van der Waals surface area contributed by atoms with Crippen LogP contribution in [0.4, 0.5) is 13.2 Å². The molecule has 1 heterocycles. The Morgan fingerprint density at radius 3 is 2.47 bits per heavy atom. The Kier molecular flexibility index (Phi) is 4.07. The van der Waals surface area contributed by atoms with Gasteiger partial charge in [0.05, 0.1) is 0 Å². The fraction of sp³-hybridized carbons (Fsp3) is 0.0909. The predicted octanol–water partition coefficient (Wildman–Crippen LogP) is 4.57. The van der Waals surface area contributed by atoms with Gasteiger partial charge in [-0.2, -0.15) is 13.2 Å². The van der Waals surface area contributed by atoms with Gasteiger partial charge in [-0.15, -0.1) is 0 Å². The van der Waals surface area contributed by atoms with Gasteiger partial charge in [0.1, 0.15) is 10.6 Å². The third kappa shape index (κ3) is 3.43. The molecule has 0 fully saturated rings. The molecule has 2 aromatic rings. The highest BCUT2D eigenvalue weighted by Gasteiger charge is 2.39. The Labute approximate surface area is 120 Å². The lowest BCUT2D eigenvalue weighted by molar-refractivity contribution is -0.140. The molecule has 2 nitrogen and oxygen atoms in total. The zero-order valence-electron chi connectivity index (χ0n) is 9.07. The Morgan fingerprint density at radius 2 is 1.89 bits per heavy atom. The van der Waals surface area contributed by atoms with Crippen molar-refractivity contribution >= 4 is 40.2 Å². The highest BCUT2D eigenvalue weighted by Crippen LogP contribution is 2.36. The van der Waals surface area contributed by atoms with Gasteiger partial charge in [0.25, 0.3) is 0 Å². The number of thiazole rings is 1. The van der Waals surface area contributed by atoms with E-state index >= 15 is 0 Å². The summed E-state index contributed by atoms with van der Waals surface area (Å²) in [4.78, 5) is 2.94. The molecule has 19 heavy (non-hydrogen) atoms. The van der Waals surface area contributed by atoms with Crippen LogP contribution in [0, 0.1) is 0 Å². The molecule has 0 aliphatic carbocycles. The molecule has 0 spiro atoms. The monoisotopic (exact) mass is 323 g/mol. The number of hydrogen-bond acceptors (Lipinski definition) is 4. The van der Waals surface area contributed by atoms with Crippen molar-refractivity contribution in [1.29, 1.82) is 0 Å². The first kappa shape index (κ1) is 14.2. The van der Waals surface area contributed by atoms with E-state index in [1.165, 1.54) is 0 Å². The molecule has 0 aliphatic rings. The largest absolute Gasteiger partial charge is 0.444 e. The normalized spacial score (nSPS) is 11.4. The van der Waals surface area contributed by atoms with Crippen molar-refractivity contribution in [2.75, 3.05) is 0 Å². The molecule has 0 unspecified atom stereocenters. The maximum atomic E-state index is 12.7. The summed E-state index contributed by atoms with van der Waals surface area (Å²) in [6.45, 7) is 0. The van der Waals surface area contributed by atoms with Crippen molar-refractivity contribution in [3.63, 3.8) is 0 Å². The number of para-hydroxylation sites is 1. The summed E-state index contributed by atoms with van der Waals surface area (Å²) in [5, 5.41) is -0.303. The average Bonchev–Trinajstić information content (AvgIpc) is 2.72. The van der Waals surface area contributed by atoms with E-state index in [0.717, 1.165) is 0 Å². The van der Waals surface area contributed by atoms with Gasteiger partial charge in [-0.3, -0.25) is 0 Å². The summed E-state index contributed by atoms with van der Waals surface area (Å²) in [7, 11) is 0. The lowest BCUT2D eigenvalue weighted by Crippen LogP contribution is -2.14. The first-order chi connectivity index (χ1) is 8.88. The molecule has 1 aromatic heterocycles. The molecular weight excluding hydrogens is 319 g/mol. The van der Waals surface area contributed by atoms with Gasteiger partial charge in [0.2, 0.25) is 5.05 Å². The topological polar surface area (TPSA) is 22.1 Å². The van der Waals surface area contributed by atoms with E-state index in [0.29, 0.717) is 17.1 Å². The maximum absolute atomic E-state index is 12.7. The van der Waals surface area contributed by atoms with Crippen LogP contribution in [-0.4, -0.2) is 10.0 Å². The van der Waals surface area contributed by atoms with Crippen LogP contribution in [0.5, 0.6) is 5.75 Å². The molecule has 0 amide bonds. The molecule has 0 aliphatic heterocycles. The Morgan fingerprint density at radius 1 is 1.26 bits per heavy atom. The van der Waals surface area contributed by atoms with Crippen LogP contribution >= 0.6 is 35.2 Å². The van der Waals surface area contributed by atoms with Gasteiger partial charge in [-0.05, 0) is 24.4 Å². The van der Waals surface area contributed by atoms with E-state index in [-0.39, 0.29) is 14.4 Å². The average molecular weight is 324 g/mol. The summed E-state index contributed by atoms with van der Waals surface area (Å²) in [5.74, 6) is 0.352. The van der Waals surface area contributed by atoms with Gasteiger partial charge in [0.15, 0.2) is 10.2 Å². The SMILES string of the molecule is FC(F)(F)c1nc(Cl)sc1C(=S)Oc1ccccc1. The van der Waals surface area contributed by atoms with Crippen LogP contribution in [-0.2, 0) is 6.18 Å². The first-order valence-corrected chi connectivity index (χ1v) is 6.49. The molecule has 0 radical (unpaired) electrons. The second-order valence-electron chi connectivity index (χ2n) is 3.34. The number of halogens is 4. The van der Waals surface area contributed by atoms with E-state index in [9.17, 15) is 13.2 Å². The molecule has 0 atom stereocenters. The highest BCUT2D eigenvalue weighted by molar-refractivity contribution is 7.80. The lowest BCUT2D eigenvalue weighted by Gasteiger charge is -2.08. The van der Waals surface area contributed by atoms with Crippen LogP contribution in [0.1, 0.15) is 10.6 Å². The second-order valence-corrected chi connectivity index (χ2v) is 5.30. The van der Waals surface area contributed by atoms with Crippen LogP contribution in [0.2, 0.25) is 4.47 Å². The van der Waals surface area contributed by atoms with Crippen molar-refractivity contribution in [2.45, 2.75) is 6.18 Å². The van der Waals surface area contributed by atoms with E-state index in [4.69, 9.17) is 28.6 Å². The minimum absolute atomic E-state index is 0.235. The molecule has 0 saturated heterocycles. The number of aromatic nitrogens is 1. The summed E-state index contributed by atoms with van der Waals surface area (Å²) in [6, 6.07) is 8.29. The van der Waals surface area contributed by atoms with Gasteiger partial charge >= 0.3 is 6.18 Å². The molecular formula is C11H5ClF3NOS2. The molecule has 100 valence electrons. The number of thiocarbonyl (C=S) groups is 1. The molecule has 1 aromatic carbocycles. The minimum Gasteiger partial charge on any atom is -0.444 e. The molecule has 2 rings (SSSR count). The van der Waals surface area contributed by atoms with Crippen molar-refractivity contribution < 1.29 is 17.9 Å². The van der Waals surface area contributed by atoms with E-state index in [1.807, 2.05) is 0 Å². The number of ether oxygens (including phenoxy) is 1. The second kappa shape index (κ2) is 5.44. The zero-order valence-corrected chi connectivity index (χ0v) is 11.5. The van der Waals surface area contributed by atoms with E-state index in [1.54, 1.807) is 30.3 Å². The van der Waals surface area contributed by atoms with Crippen molar-refractivity contribution in [3.8, 4) is 5.75 Å². The molecule has 0 bridgehead atoms. The Balaban J connectivity index is 2.30. The van der Waals surface area contributed by atoms with Crippen LogP contribution in [0.15, 0.2) is 30.3 Å². The summed E-state index contributed by atoms with van der Waals surface area (Å²) in [6.07, 6.45) is -4.62. The quantitative estimate of drug-likeness (QED) is 0.756. The van der Waals surface area contributed by atoms with E-state index < -0.39 is 11.9 Å². The number of alkyl halides is 3. The van der Waals surface area contributed by atoms with E-state index in [2.05, 4.69) is 4.98 Å².